The van der Waals surface area contributed by atoms with Crippen LogP contribution in [0.15, 0.2) is 69.4 Å². The van der Waals surface area contributed by atoms with Crippen LogP contribution in [0.2, 0.25) is 0 Å². The van der Waals surface area contributed by atoms with E-state index in [1.54, 1.807) is 12.1 Å². The van der Waals surface area contributed by atoms with Gasteiger partial charge in [-0.3, -0.25) is 9.78 Å². The number of allylic oxidation sites excluding steroid dienone is 1. The first kappa shape index (κ1) is 22.7. The number of aromatic amines is 1. The minimum atomic E-state index is -0.634. The van der Waals surface area contributed by atoms with Crippen LogP contribution in [0.25, 0.3) is 17.2 Å². The van der Waals surface area contributed by atoms with Gasteiger partial charge in [0.2, 0.25) is 5.78 Å². The van der Waals surface area contributed by atoms with Crippen LogP contribution in [0, 0.1) is 18.3 Å². The lowest BCUT2D eigenvalue weighted by atomic mass is 10.0. The van der Waals surface area contributed by atoms with Gasteiger partial charge in [-0.15, -0.1) is 0 Å². The smallest absolute Gasteiger partial charge is 0.417 e. The number of ketones is 1. The lowest BCUT2D eigenvalue weighted by Crippen LogP contribution is -2.01. The Kier molecular flexibility index (Phi) is 6.50. The molecule has 0 aliphatic rings. The second-order valence-electron chi connectivity index (χ2n) is 6.96. The van der Waals surface area contributed by atoms with Gasteiger partial charge in [-0.25, -0.2) is 4.79 Å². The summed E-state index contributed by atoms with van der Waals surface area (Å²) in [5, 5.41) is 45.6. The Morgan fingerprint density at radius 1 is 0.939 bits per heavy atom. The number of carbonyl (C=O) groups excluding carboxylic acids is 1. The summed E-state index contributed by atoms with van der Waals surface area (Å²) in [7, 11) is 0. The lowest BCUT2D eigenvalue weighted by molar-refractivity contribution is 0.104. The Morgan fingerprint density at radius 3 is 2.21 bits per heavy atom. The minimum absolute atomic E-state index is 0.0602. The Hall–Kier alpha value is -4.97. The molecule has 0 amide bonds. The molecule has 0 aliphatic carbocycles. The number of aromatic nitrogens is 1. The molecule has 0 bridgehead atoms. The highest BCUT2D eigenvalue weighted by Crippen LogP contribution is 2.26. The number of phenols is 4. The van der Waals surface area contributed by atoms with Gasteiger partial charge in [0.15, 0.2) is 28.6 Å². The van der Waals surface area contributed by atoms with E-state index in [9.17, 15) is 25.1 Å². The summed E-state index contributed by atoms with van der Waals surface area (Å²) in [4.78, 5) is 26.1. The van der Waals surface area contributed by atoms with Gasteiger partial charge in [0, 0.05) is 5.56 Å². The maximum Gasteiger partial charge on any atom is 0.417 e. The van der Waals surface area contributed by atoms with Crippen molar-refractivity contribution < 1.29 is 29.6 Å². The van der Waals surface area contributed by atoms with Crippen molar-refractivity contribution in [2.75, 3.05) is 0 Å². The molecule has 0 unspecified atom stereocenters. The molecule has 5 N–H and O–H groups in total. The number of nitrogens with one attached hydrogen (secondary N) is 1. The summed E-state index contributed by atoms with van der Waals surface area (Å²) in [6, 6.07) is 14.8. The second-order valence-corrected chi connectivity index (χ2v) is 6.96. The van der Waals surface area contributed by atoms with Gasteiger partial charge in [-0.05, 0) is 66.6 Å². The molecule has 0 atom stereocenters. The van der Waals surface area contributed by atoms with Crippen LogP contribution in [0.1, 0.15) is 21.5 Å². The van der Waals surface area contributed by atoms with E-state index in [0.29, 0.717) is 11.1 Å². The molecule has 4 aromatic rings. The average molecular weight is 446 g/mol. The monoisotopic (exact) mass is 446 g/mol. The molecule has 0 fully saturated rings. The molecule has 0 radical (unpaired) electrons. The van der Waals surface area contributed by atoms with E-state index in [1.165, 1.54) is 54.6 Å². The number of benzene rings is 3. The topological polar surface area (TPSA) is 168 Å². The largest absolute Gasteiger partial charge is 0.504 e. The third-order valence-corrected chi connectivity index (χ3v) is 4.49. The van der Waals surface area contributed by atoms with Crippen molar-refractivity contribution in [2.24, 2.45) is 0 Å². The number of oxazole rings is 1. The summed E-state index contributed by atoms with van der Waals surface area (Å²) >= 11 is 0. The molecule has 0 saturated heterocycles. The van der Waals surface area contributed by atoms with Gasteiger partial charge in [-0.2, -0.15) is 5.26 Å². The zero-order valence-corrected chi connectivity index (χ0v) is 17.2. The molecule has 9 nitrogen and oxygen atoms in total. The number of carbonyl (C=O) groups is 1. The molecule has 1 aromatic heterocycles. The van der Waals surface area contributed by atoms with E-state index >= 15 is 0 Å². The van der Waals surface area contributed by atoms with Crippen molar-refractivity contribution in [2.45, 2.75) is 6.92 Å². The van der Waals surface area contributed by atoms with Crippen molar-refractivity contribution in [3.63, 3.8) is 0 Å². The number of hydrogen-bond donors (Lipinski definition) is 5. The molecule has 4 rings (SSSR count). The summed E-state index contributed by atoms with van der Waals surface area (Å²) in [6.07, 6.45) is 1.29. The molecular formula is C24H18N2O7. The van der Waals surface area contributed by atoms with E-state index in [-0.39, 0.29) is 39.7 Å². The highest BCUT2D eigenvalue weighted by molar-refractivity contribution is 6.14. The number of aromatic hydroxyl groups is 4. The van der Waals surface area contributed by atoms with Crippen LogP contribution in [0.3, 0.4) is 0 Å². The maximum atomic E-state index is 12.4. The van der Waals surface area contributed by atoms with Crippen LogP contribution < -0.4 is 5.76 Å². The van der Waals surface area contributed by atoms with Crippen molar-refractivity contribution in [3.05, 3.63) is 87.4 Å². The number of H-pyrrole nitrogens is 1. The zero-order chi connectivity index (χ0) is 24.1. The van der Waals surface area contributed by atoms with Crippen LogP contribution in [-0.4, -0.2) is 31.2 Å². The Balaban J connectivity index is 0.000000286. The Labute approximate surface area is 186 Å². The molecule has 0 saturated carbocycles. The Morgan fingerprint density at radius 2 is 1.61 bits per heavy atom. The van der Waals surface area contributed by atoms with Gasteiger partial charge in [-0.1, -0.05) is 12.1 Å². The van der Waals surface area contributed by atoms with E-state index in [1.807, 2.05) is 6.92 Å². The van der Waals surface area contributed by atoms with Gasteiger partial charge in [0.05, 0.1) is 5.52 Å². The predicted octanol–water partition coefficient (Wildman–Crippen LogP) is 3.73. The summed E-state index contributed by atoms with van der Waals surface area (Å²) in [6.45, 7) is 1.85. The van der Waals surface area contributed by atoms with Crippen molar-refractivity contribution in [1.82, 2.24) is 4.98 Å². The first-order valence-electron chi connectivity index (χ1n) is 9.48. The van der Waals surface area contributed by atoms with Crippen molar-refractivity contribution in [3.8, 4) is 29.1 Å². The molecule has 166 valence electrons. The highest BCUT2D eigenvalue weighted by Gasteiger charge is 2.14. The standard InChI is InChI=1S/C17H10N2O5.C7H8O2/c18-8-11(5-9-1-4-13(20)14(21)6-9)16(22)10-2-3-12-15(7-10)24-17(23)19-12;1-5-2-3-6(8)7(9)4-5/h1-7,20-21H,(H,19,23);2-4,8-9H,1H3/b11-5+;. The number of nitriles is 1. The number of fused-ring (bicyclic) bond motifs is 1. The third-order valence-electron chi connectivity index (χ3n) is 4.49. The summed E-state index contributed by atoms with van der Waals surface area (Å²) < 4.78 is 4.89. The maximum absolute atomic E-state index is 12.4. The van der Waals surface area contributed by atoms with Crippen molar-refractivity contribution >= 4 is 23.0 Å². The lowest BCUT2D eigenvalue weighted by Gasteiger charge is -2.01. The van der Waals surface area contributed by atoms with E-state index in [0.717, 1.165) is 5.56 Å². The molecule has 1 heterocycles. The fourth-order valence-corrected chi connectivity index (χ4v) is 2.82. The third kappa shape index (κ3) is 5.39. The second kappa shape index (κ2) is 9.45. The van der Waals surface area contributed by atoms with E-state index in [2.05, 4.69) is 4.98 Å². The van der Waals surface area contributed by atoms with Gasteiger partial charge >= 0.3 is 5.76 Å². The number of hydrogen-bond acceptors (Lipinski definition) is 8. The highest BCUT2D eigenvalue weighted by atomic mass is 16.4. The van der Waals surface area contributed by atoms with Crippen LogP contribution in [0.5, 0.6) is 23.0 Å². The van der Waals surface area contributed by atoms with Crippen LogP contribution >= 0.6 is 0 Å². The molecule has 0 aliphatic heterocycles. The SMILES string of the molecule is Cc1ccc(O)c(O)c1.N#C/C(=C\c1ccc(O)c(O)c1)C(=O)c1ccc2[nH]c(=O)oc2c1. The number of Topliss-reactive ketones (excluding diaryl/α,β-unsaturated/α-hetero) is 1. The molecular weight excluding hydrogens is 428 g/mol. The summed E-state index contributed by atoms with van der Waals surface area (Å²) in [5.74, 6) is -1.98. The van der Waals surface area contributed by atoms with E-state index in [4.69, 9.17) is 14.6 Å². The predicted molar refractivity (Wildman–Crippen MR) is 119 cm³/mol. The number of phenolic OH excluding ortho intramolecular Hbond substituents is 4. The normalized spacial score (nSPS) is 10.8. The molecule has 9 heteroatoms. The Bertz CT molecular complexity index is 1470. The number of aryl methyl sites for hydroxylation is 1. The van der Waals surface area contributed by atoms with Gasteiger partial charge in [0.25, 0.3) is 0 Å². The van der Waals surface area contributed by atoms with E-state index < -0.39 is 11.5 Å². The first-order chi connectivity index (χ1) is 15.7. The number of nitrogens with zero attached hydrogens (tertiary/aromatic N) is 1. The average Bonchev–Trinajstić information content (AvgIpc) is 3.16. The minimum Gasteiger partial charge on any atom is -0.504 e. The van der Waals surface area contributed by atoms with Crippen molar-refractivity contribution in [1.29, 1.82) is 5.26 Å². The fourth-order valence-electron chi connectivity index (χ4n) is 2.82. The molecule has 0 spiro atoms. The zero-order valence-electron chi connectivity index (χ0n) is 17.2. The quantitative estimate of drug-likeness (QED) is 0.137. The fraction of sp³-hybridized carbons (Fsp3) is 0.0417. The summed E-state index contributed by atoms with van der Waals surface area (Å²) in [5.41, 5.74) is 1.99. The van der Waals surface area contributed by atoms with Gasteiger partial charge in [0.1, 0.15) is 11.6 Å². The molecule has 33 heavy (non-hydrogen) atoms. The van der Waals surface area contributed by atoms with Gasteiger partial charge < -0.3 is 24.8 Å². The van der Waals surface area contributed by atoms with Crippen LogP contribution in [0.4, 0.5) is 0 Å². The first-order valence-corrected chi connectivity index (χ1v) is 9.48. The van der Waals surface area contributed by atoms with Crippen LogP contribution in [-0.2, 0) is 0 Å². The number of rotatable bonds is 3. The molecule has 3 aromatic carbocycles.